The van der Waals surface area contributed by atoms with Gasteiger partial charge in [0.1, 0.15) is 5.75 Å². The lowest BCUT2D eigenvalue weighted by molar-refractivity contribution is 0.0164. The second-order valence-corrected chi connectivity index (χ2v) is 5.16. The fourth-order valence-corrected chi connectivity index (χ4v) is 2.58. The van der Waals surface area contributed by atoms with E-state index in [9.17, 15) is 17.8 Å². The van der Waals surface area contributed by atoms with E-state index in [0.29, 0.717) is 13.0 Å². The first-order valence-corrected chi connectivity index (χ1v) is 6.81. The highest BCUT2D eigenvalue weighted by molar-refractivity contribution is 7.79. The topological polar surface area (TPSA) is 63.6 Å². The Labute approximate surface area is 111 Å². The molecule has 1 aromatic rings. The molecule has 1 N–H and O–H groups in total. The summed E-state index contributed by atoms with van der Waals surface area (Å²) in [4.78, 5) is 11.3. The molecule has 0 aliphatic heterocycles. The van der Waals surface area contributed by atoms with Gasteiger partial charge in [-0.3, -0.25) is 4.79 Å². The molecule has 0 saturated heterocycles. The van der Waals surface area contributed by atoms with Crippen LogP contribution in [0.25, 0.3) is 0 Å². The van der Waals surface area contributed by atoms with E-state index in [4.69, 9.17) is 9.29 Å². The van der Waals surface area contributed by atoms with Crippen molar-refractivity contribution in [2.24, 2.45) is 0 Å². The summed E-state index contributed by atoms with van der Waals surface area (Å²) < 4.78 is 52.5. The highest BCUT2D eigenvalue weighted by Crippen LogP contribution is 2.41. The van der Waals surface area contributed by atoms with Gasteiger partial charge in [0.2, 0.25) is 5.78 Å². The average Bonchev–Trinajstić information content (AvgIpc) is 2.58. The van der Waals surface area contributed by atoms with Crippen molar-refractivity contribution in [1.82, 2.24) is 0 Å². The van der Waals surface area contributed by atoms with Crippen molar-refractivity contribution in [3.63, 3.8) is 0 Å². The number of carbonyl (C=O) groups excluding carboxylic acids is 1. The van der Waals surface area contributed by atoms with E-state index >= 15 is 0 Å². The molecule has 1 unspecified atom stereocenters. The summed E-state index contributed by atoms with van der Waals surface area (Å²) in [6, 6.07) is 2.53. The van der Waals surface area contributed by atoms with Crippen molar-refractivity contribution in [2.45, 2.75) is 30.6 Å². The minimum Gasteiger partial charge on any atom is -0.493 e. The van der Waals surface area contributed by atoms with Crippen LogP contribution < -0.4 is 4.74 Å². The number of hydrogen-bond donors (Lipinski definition) is 1. The van der Waals surface area contributed by atoms with Crippen LogP contribution in [0, 0.1) is 0 Å². The molecule has 4 nitrogen and oxygen atoms in total. The fraction of sp³-hybridized carbons (Fsp3) is 0.417. The predicted octanol–water partition coefficient (Wildman–Crippen LogP) is 2.43. The van der Waals surface area contributed by atoms with Crippen molar-refractivity contribution in [3.05, 3.63) is 23.3 Å². The molecule has 1 aliphatic carbocycles. The molecule has 0 saturated carbocycles. The Kier molecular flexibility index (Phi) is 3.69. The van der Waals surface area contributed by atoms with E-state index in [-0.39, 0.29) is 21.8 Å². The molecule has 0 spiro atoms. The van der Waals surface area contributed by atoms with Gasteiger partial charge in [-0.05, 0) is 18.6 Å². The van der Waals surface area contributed by atoms with Gasteiger partial charge in [0.25, 0.3) is 0 Å². The van der Waals surface area contributed by atoms with Gasteiger partial charge in [-0.25, -0.2) is 4.21 Å². The molecule has 0 bridgehead atoms. The van der Waals surface area contributed by atoms with Crippen molar-refractivity contribution in [3.8, 4) is 5.75 Å². The highest BCUT2D eigenvalue weighted by Gasteiger charge is 2.49. The predicted molar refractivity (Wildman–Crippen MR) is 64.2 cm³/mol. The Morgan fingerprint density at radius 1 is 1.47 bits per heavy atom. The van der Waals surface area contributed by atoms with Gasteiger partial charge in [0, 0.05) is 17.5 Å². The van der Waals surface area contributed by atoms with Crippen molar-refractivity contribution in [1.29, 1.82) is 0 Å². The Morgan fingerprint density at radius 2 is 2.16 bits per heavy atom. The summed E-state index contributed by atoms with van der Waals surface area (Å²) in [5.41, 5.74) is -0.359. The second-order valence-electron chi connectivity index (χ2n) is 4.22. The molecule has 2 rings (SSSR count). The van der Waals surface area contributed by atoms with Crippen LogP contribution in [-0.2, 0) is 17.5 Å². The average molecular weight is 290 g/mol. The first kappa shape index (κ1) is 14.1. The van der Waals surface area contributed by atoms with Crippen molar-refractivity contribution < 1.29 is 27.1 Å². The zero-order valence-corrected chi connectivity index (χ0v) is 10.9. The van der Waals surface area contributed by atoms with Crippen molar-refractivity contribution >= 4 is 16.9 Å². The van der Waals surface area contributed by atoms with Gasteiger partial charge in [-0.15, -0.1) is 0 Å². The van der Waals surface area contributed by atoms with Crippen LogP contribution in [0.2, 0.25) is 0 Å². The normalized spacial score (nSPS) is 18.2. The Morgan fingerprint density at radius 3 is 2.74 bits per heavy atom. The minimum absolute atomic E-state index is 0.0170. The van der Waals surface area contributed by atoms with Crippen LogP contribution in [0.1, 0.15) is 29.3 Å². The Balaban J connectivity index is 2.56. The molecule has 0 fully saturated rings. The van der Waals surface area contributed by atoms with E-state index in [2.05, 4.69) is 0 Å². The SMILES string of the molecule is CCCOc1ccc(S(=O)O)c2c1CC(F)(F)C2=O. The van der Waals surface area contributed by atoms with E-state index in [1.54, 1.807) is 0 Å². The van der Waals surface area contributed by atoms with Gasteiger partial charge in [-0.1, -0.05) is 6.92 Å². The van der Waals surface area contributed by atoms with E-state index in [0.717, 1.165) is 0 Å². The number of ketones is 1. The molecule has 1 atom stereocenters. The van der Waals surface area contributed by atoms with Gasteiger partial charge >= 0.3 is 5.92 Å². The Hall–Kier alpha value is -1.34. The number of alkyl halides is 2. The molecule has 19 heavy (non-hydrogen) atoms. The van der Waals surface area contributed by atoms with Crippen LogP contribution in [-0.4, -0.2) is 27.1 Å². The zero-order valence-electron chi connectivity index (χ0n) is 10.1. The fourth-order valence-electron chi connectivity index (χ4n) is 2.01. The molecule has 0 amide bonds. The maximum Gasteiger partial charge on any atom is 0.313 e. The van der Waals surface area contributed by atoms with Gasteiger partial charge in [0.15, 0.2) is 11.1 Å². The summed E-state index contributed by atoms with van der Waals surface area (Å²) in [6.07, 6.45) is -0.0992. The number of halogens is 2. The number of fused-ring (bicyclic) bond motifs is 1. The number of rotatable bonds is 4. The van der Waals surface area contributed by atoms with Gasteiger partial charge in [-0.2, -0.15) is 8.78 Å². The van der Waals surface area contributed by atoms with Crippen LogP contribution in [0.5, 0.6) is 5.75 Å². The van der Waals surface area contributed by atoms with Gasteiger partial charge < -0.3 is 9.29 Å². The number of carbonyl (C=O) groups is 1. The molecule has 7 heteroatoms. The van der Waals surface area contributed by atoms with E-state index in [1.165, 1.54) is 12.1 Å². The molecule has 0 heterocycles. The first-order valence-electron chi connectivity index (χ1n) is 5.70. The zero-order chi connectivity index (χ0) is 14.2. The number of benzene rings is 1. The molecule has 1 aliphatic rings. The minimum atomic E-state index is -3.54. The summed E-state index contributed by atoms with van der Waals surface area (Å²) in [7, 11) is 0. The molecule has 0 radical (unpaired) electrons. The van der Waals surface area contributed by atoms with Gasteiger partial charge in [0.05, 0.1) is 11.5 Å². The quantitative estimate of drug-likeness (QED) is 0.865. The third kappa shape index (κ3) is 2.40. The molecule has 0 aromatic heterocycles. The molecular formula is C12H12F2O4S. The maximum absolute atomic E-state index is 13.5. The second kappa shape index (κ2) is 4.97. The lowest BCUT2D eigenvalue weighted by atomic mass is 10.1. The third-order valence-electron chi connectivity index (χ3n) is 2.84. The summed E-state index contributed by atoms with van der Waals surface area (Å²) in [5.74, 6) is -4.78. The molecule has 104 valence electrons. The maximum atomic E-state index is 13.5. The lowest BCUT2D eigenvalue weighted by Gasteiger charge is -2.10. The summed E-state index contributed by atoms with van der Waals surface area (Å²) in [5, 5.41) is 0. The number of hydrogen-bond acceptors (Lipinski definition) is 3. The van der Waals surface area contributed by atoms with Crippen LogP contribution in [0.4, 0.5) is 8.78 Å². The summed E-state index contributed by atoms with van der Waals surface area (Å²) >= 11 is -2.49. The Bertz CT molecular complexity index is 557. The first-order chi connectivity index (χ1) is 8.88. The van der Waals surface area contributed by atoms with Crippen LogP contribution in [0.3, 0.4) is 0 Å². The monoisotopic (exact) mass is 290 g/mol. The van der Waals surface area contributed by atoms with E-state index < -0.39 is 29.2 Å². The summed E-state index contributed by atoms with van der Waals surface area (Å²) in [6.45, 7) is 2.19. The number of ether oxygens (including phenoxy) is 1. The standard InChI is InChI=1S/C12H12F2O4S/c1-2-5-18-8-3-4-9(19(16)17)10-7(8)6-12(13,14)11(10)15/h3-4H,2,5-6H2,1H3,(H,16,17). The van der Waals surface area contributed by atoms with Crippen LogP contribution in [0.15, 0.2) is 17.0 Å². The smallest absolute Gasteiger partial charge is 0.313 e. The van der Waals surface area contributed by atoms with Crippen LogP contribution >= 0.6 is 0 Å². The lowest BCUT2D eigenvalue weighted by Crippen LogP contribution is -2.24. The number of Topliss-reactive ketones (excluding diaryl/α,β-unsaturated/α-hetero) is 1. The third-order valence-corrected chi connectivity index (χ3v) is 3.56. The largest absolute Gasteiger partial charge is 0.493 e. The highest BCUT2D eigenvalue weighted by atomic mass is 32.2. The molecule has 1 aromatic carbocycles. The molecular weight excluding hydrogens is 278 g/mol. The van der Waals surface area contributed by atoms with E-state index in [1.807, 2.05) is 6.92 Å². The van der Waals surface area contributed by atoms with Crippen molar-refractivity contribution in [2.75, 3.05) is 6.61 Å².